The SMILES string of the molecule is COCCCOc1cc2c(cc1Cl)-c1cc(=O)c(C(C)=O)cn1N(C(C)C)C2. The second-order valence-electron chi connectivity index (χ2n) is 7.16. The van der Waals surface area contributed by atoms with Crippen molar-refractivity contribution in [1.82, 2.24) is 4.68 Å². The summed E-state index contributed by atoms with van der Waals surface area (Å²) in [5.74, 6) is 0.379. The standard InChI is InChI=1S/C21H25ClN2O4/c1-13(2)23-11-15-8-21(28-7-5-6-27-4)18(22)9-16(15)19-10-20(26)17(14(3)25)12-24(19)23/h8-10,12-13H,5-7,11H2,1-4H3. The van der Waals surface area contributed by atoms with Crippen molar-refractivity contribution >= 4 is 17.4 Å². The molecule has 1 aromatic heterocycles. The number of hydrogen-bond donors (Lipinski definition) is 0. The minimum atomic E-state index is -0.286. The fourth-order valence-corrected chi connectivity index (χ4v) is 3.56. The smallest absolute Gasteiger partial charge is 0.193 e. The molecule has 0 saturated carbocycles. The Balaban J connectivity index is 2.07. The maximum absolute atomic E-state index is 12.5. The molecule has 1 aromatic carbocycles. The molecule has 0 saturated heterocycles. The lowest BCUT2D eigenvalue weighted by molar-refractivity contribution is 0.101. The first-order valence-corrected chi connectivity index (χ1v) is 9.70. The van der Waals surface area contributed by atoms with E-state index < -0.39 is 0 Å². The molecule has 0 spiro atoms. The second kappa shape index (κ2) is 8.37. The largest absolute Gasteiger partial charge is 0.492 e. The van der Waals surface area contributed by atoms with Gasteiger partial charge in [-0.05, 0) is 38.5 Å². The van der Waals surface area contributed by atoms with Gasteiger partial charge in [-0.1, -0.05) is 11.6 Å². The van der Waals surface area contributed by atoms with Crippen LogP contribution in [0.25, 0.3) is 11.3 Å². The van der Waals surface area contributed by atoms with Crippen molar-refractivity contribution in [1.29, 1.82) is 0 Å². The normalized spacial score (nSPS) is 12.7. The number of hydrogen-bond acceptors (Lipinski definition) is 5. The molecule has 0 unspecified atom stereocenters. The van der Waals surface area contributed by atoms with Crippen LogP contribution in [-0.2, 0) is 11.3 Å². The molecule has 0 bridgehead atoms. The molecule has 28 heavy (non-hydrogen) atoms. The number of nitrogens with zero attached hydrogens (tertiary/aromatic N) is 2. The van der Waals surface area contributed by atoms with Crippen LogP contribution in [0.5, 0.6) is 5.75 Å². The predicted octanol–water partition coefficient (Wildman–Crippen LogP) is 3.65. The van der Waals surface area contributed by atoms with Crippen LogP contribution >= 0.6 is 11.6 Å². The number of carbonyl (C=O) groups is 1. The third kappa shape index (κ3) is 3.93. The Kier molecular flexibility index (Phi) is 6.10. The van der Waals surface area contributed by atoms with E-state index in [1.807, 2.05) is 16.8 Å². The molecule has 0 atom stereocenters. The highest BCUT2D eigenvalue weighted by Crippen LogP contribution is 2.37. The Labute approximate surface area is 169 Å². The van der Waals surface area contributed by atoms with Crippen molar-refractivity contribution in [3.05, 3.63) is 50.8 Å². The highest BCUT2D eigenvalue weighted by Gasteiger charge is 2.26. The Bertz CT molecular complexity index is 952. The van der Waals surface area contributed by atoms with Crippen LogP contribution in [0.15, 0.2) is 29.2 Å². The average Bonchev–Trinajstić information content (AvgIpc) is 2.64. The van der Waals surface area contributed by atoms with E-state index in [1.165, 1.54) is 13.0 Å². The molecule has 2 aromatic rings. The van der Waals surface area contributed by atoms with Crippen molar-refractivity contribution in [3.63, 3.8) is 0 Å². The number of carbonyl (C=O) groups excluding carboxylic acids is 1. The third-order valence-corrected chi connectivity index (χ3v) is 5.10. The number of rotatable bonds is 7. The van der Waals surface area contributed by atoms with Gasteiger partial charge < -0.3 is 14.5 Å². The van der Waals surface area contributed by atoms with Gasteiger partial charge >= 0.3 is 0 Å². The summed E-state index contributed by atoms with van der Waals surface area (Å²) < 4.78 is 12.8. The van der Waals surface area contributed by atoms with Gasteiger partial charge in [-0.3, -0.25) is 14.3 Å². The second-order valence-corrected chi connectivity index (χ2v) is 7.57. The van der Waals surface area contributed by atoms with Crippen LogP contribution in [0.4, 0.5) is 0 Å². The van der Waals surface area contributed by atoms with Gasteiger partial charge in [0.25, 0.3) is 0 Å². The number of ketones is 1. The maximum Gasteiger partial charge on any atom is 0.193 e. The summed E-state index contributed by atoms with van der Waals surface area (Å²) in [5, 5.41) is 2.59. The first-order valence-electron chi connectivity index (χ1n) is 9.32. The van der Waals surface area contributed by atoms with E-state index in [1.54, 1.807) is 13.3 Å². The number of pyridine rings is 1. The Morgan fingerprint density at radius 2 is 2.00 bits per heavy atom. The number of Topliss-reactive ketones (excluding diaryl/α,β-unsaturated/α-hetero) is 1. The van der Waals surface area contributed by atoms with Crippen LogP contribution in [0, 0.1) is 0 Å². The van der Waals surface area contributed by atoms with Gasteiger partial charge in [0.2, 0.25) is 0 Å². The molecule has 150 valence electrons. The van der Waals surface area contributed by atoms with Gasteiger partial charge in [-0.15, -0.1) is 0 Å². The molecule has 0 amide bonds. The monoisotopic (exact) mass is 404 g/mol. The predicted molar refractivity (Wildman–Crippen MR) is 110 cm³/mol. The minimum absolute atomic E-state index is 0.163. The quantitative estimate of drug-likeness (QED) is 0.520. The molecule has 3 rings (SSSR count). The van der Waals surface area contributed by atoms with Crippen molar-refractivity contribution in [2.45, 2.75) is 39.8 Å². The maximum atomic E-state index is 12.5. The fourth-order valence-electron chi connectivity index (χ4n) is 3.34. The fraction of sp³-hybridized carbons (Fsp3) is 0.429. The lowest BCUT2D eigenvalue weighted by atomic mass is 9.99. The molecular formula is C21H25ClN2O4. The summed E-state index contributed by atoms with van der Waals surface area (Å²) in [6.45, 7) is 7.30. The summed E-state index contributed by atoms with van der Waals surface area (Å²) in [6, 6.07) is 5.45. The van der Waals surface area contributed by atoms with Crippen LogP contribution < -0.4 is 15.2 Å². The molecule has 1 aliphatic rings. The van der Waals surface area contributed by atoms with E-state index in [2.05, 4.69) is 18.9 Å². The van der Waals surface area contributed by atoms with E-state index in [0.29, 0.717) is 30.5 Å². The third-order valence-electron chi connectivity index (χ3n) is 4.80. The average molecular weight is 405 g/mol. The summed E-state index contributed by atoms with van der Waals surface area (Å²) in [4.78, 5) is 24.3. The number of halogens is 1. The molecule has 7 heteroatoms. The molecule has 0 fully saturated rings. The molecule has 0 N–H and O–H groups in total. The van der Waals surface area contributed by atoms with Gasteiger partial charge in [0.05, 0.1) is 29.4 Å². The number of ether oxygens (including phenoxy) is 2. The Hall–Kier alpha value is -2.31. The molecule has 2 heterocycles. The van der Waals surface area contributed by atoms with Gasteiger partial charge in [-0.2, -0.15) is 0 Å². The first kappa shape index (κ1) is 20.4. The van der Waals surface area contributed by atoms with E-state index >= 15 is 0 Å². The van der Waals surface area contributed by atoms with E-state index in [0.717, 1.165) is 23.2 Å². The van der Waals surface area contributed by atoms with Crippen LogP contribution in [-0.4, -0.2) is 36.8 Å². The van der Waals surface area contributed by atoms with Gasteiger partial charge in [0, 0.05) is 44.0 Å². The van der Waals surface area contributed by atoms with Crippen LogP contribution in [0.3, 0.4) is 0 Å². The molecule has 0 aliphatic carbocycles. The molecular weight excluding hydrogens is 380 g/mol. The van der Waals surface area contributed by atoms with Gasteiger partial charge in [-0.25, -0.2) is 0 Å². The molecule has 1 aliphatic heterocycles. The topological polar surface area (TPSA) is 60.8 Å². The zero-order chi connectivity index (χ0) is 20.4. The Morgan fingerprint density at radius 1 is 1.25 bits per heavy atom. The summed E-state index contributed by atoms with van der Waals surface area (Å²) >= 11 is 6.45. The number of fused-ring (bicyclic) bond motifs is 3. The van der Waals surface area contributed by atoms with E-state index in [9.17, 15) is 9.59 Å². The van der Waals surface area contributed by atoms with Crippen molar-refractivity contribution in [2.75, 3.05) is 25.3 Å². The summed E-state index contributed by atoms with van der Waals surface area (Å²) in [6.07, 6.45) is 2.40. The summed E-state index contributed by atoms with van der Waals surface area (Å²) in [5.41, 5.74) is 2.51. The van der Waals surface area contributed by atoms with Crippen molar-refractivity contribution < 1.29 is 14.3 Å². The highest BCUT2D eigenvalue weighted by atomic mass is 35.5. The Morgan fingerprint density at radius 3 is 2.64 bits per heavy atom. The van der Waals surface area contributed by atoms with E-state index in [4.69, 9.17) is 21.1 Å². The summed E-state index contributed by atoms with van der Waals surface area (Å²) in [7, 11) is 1.66. The highest BCUT2D eigenvalue weighted by molar-refractivity contribution is 6.32. The van der Waals surface area contributed by atoms with Gasteiger partial charge in [0.1, 0.15) is 5.75 Å². The zero-order valence-corrected chi connectivity index (χ0v) is 17.4. The van der Waals surface area contributed by atoms with E-state index in [-0.39, 0.29) is 22.8 Å². The first-order chi connectivity index (χ1) is 13.3. The van der Waals surface area contributed by atoms with Crippen LogP contribution in [0.2, 0.25) is 5.02 Å². The number of methoxy groups -OCH3 is 1. The lowest BCUT2D eigenvalue weighted by Crippen LogP contribution is -2.44. The number of aromatic nitrogens is 1. The lowest BCUT2D eigenvalue weighted by Gasteiger charge is -2.38. The van der Waals surface area contributed by atoms with Crippen molar-refractivity contribution in [2.24, 2.45) is 0 Å². The van der Waals surface area contributed by atoms with Gasteiger partial charge in [0.15, 0.2) is 11.2 Å². The van der Waals surface area contributed by atoms with Crippen molar-refractivity contribution in [3.8, 4) is 17.0 Å². The number of benzene rings is 1. The minimum Gasteiger partial charge on any atom is -0.492 e. The van der Waals surface area contributed by atoms with Crippen LogP contribution in [0.1, 0.15) is 43.1 Å². The molecule has 0 radical (unpaired) electrons. The zero-order valence-electron chi connectivity index (χ0n) is 16.6. The molecule has 6 nitrogen and oxygen atoms in total.